The van der Waals surface area contributed by atoms with Gasteiger partial charge in [0.1, 0.15) is 5.82 Å². The number of aromatic nitrogens is 2. The fourth-order valence-electron chi connectivity index (χ4n) is 1.80. The Kier molecular flexibility index (Phi) is 3.66. The van der Waals surface area contributed by atoms with Crippen LogP contribution in [-0.2, 0) is 5.41 Å². The molecule has 0 atom stereocenters. The van der Waals surface area contributed by atoms with E-state index in [-0.39, 0.29) is 5.69 Å². The molecule has 1 heterocycles. The summed E-state index contributed by atoms with van der Waals surface area (Å²) >= 11 is 3.15. The Balaban J connectivity index is 2.53. The van der Waals surface area contributed by atoms with E-state index in [9.17, 15) is 4.79 Å². The molecular weight excluding hydrogens is 308 g/mol. The van der Waals surface area contributed by atoms with Crippen molar-refractivity contribution in [2.75, 3.05) is 0 Å². The molecule has 0 saturated heterocycles. The van der Waals surface area contributed by atoms with Crippen LogP contribution in [0.1, 0.15) is 35.7 Å². The van der Waals surface area contributed by atoms with Gasteiger partial charge in [0.05, 0.1) is 4.47 Å². The predicted molar refractivity (Wildman–Crippen MR) is 75.3 cm³/mol. The van der Waals surface area contributed by atoms with Gasteiger partial charge in [-0.2, -0.15) is 0 Å². The molecule has 0 aliphatic rings. The van der Waals surface area contributed by atoms with Crippen LogP contribution in [0.25, 0.3) is 0 Å². The fraction of sp³-hybridized carbons (Fsp3) is 0.214. The van der Waals surface area contributed by atoms with Crippen molar-refractivity contribution in [3.63, 3.8) is 0 Å². The summed E-state index contributed by atoms with van der Waals surface area (Å²) in [7, 11) is 0. The smallest absolute Gasteiger partial charge is 0.355 e. The highest BCUT2D eigenvalue weighted by Gasteiger charge is 2.27. The molecule has 0 unspecified atom stereocenters. The van der Waals surface area contributed by atoms with Gasteiger partial charge in [0.25, 0.3) is 0 Å². The van der Waals surface area contributed by atoms with Crippen molar-refractivity contribution in [3.8, 4) is 0 Å². The summed E-state index contributed by atoms with van der Waals surface area (Å²) in [6.07, 6.45) is 1.48. The second kappa shape index (κ2) is 5.09. The second-order valence-corrected chi connectivity index (χ2v) is 5.54. The lowest BCUT2D eigenvalue weighted by Crippen LogP contribution is -2.23. The van der Waals surface area contributed by atoms with Crippen LogP contribution in [0.5, 0.6) is 0 Å². The van der Waals surface area contributed by atoms with Gasteiger partial charge in [-0.1, -0.05) is 30.3 Å². The van der Waals surface area contributed by atoms with Gasteiger partial charge in [-0.05, 0) is 35.3 Å². The van der Waals surface area contributed by atoms with Gasteiger partial charge in [-0.15, -0.1) is 0 Å². The molecule has 0 fully saturated rings. The van der Waals surface area contributed by atoms with Gasteiger partial charge < -0.3 is 5.11 Å². The summed E-state index contributed by atoms with van der Waals surface area (Å²) in [6.45, 7) is 3.94. The number of aromatic carboxylic acids is 1. The molecule has 2 aromatic rings. The van der Waals surface area contributed by atoms with Crippen LogP contribution in [0.2, 0.25) is 0 Å². The van der Waals surface area contributed by atoms with E-state index in [4.69, 9.17) is 5.11 Å². The highest BCUT2D eigenvalue weighted by atomic mass is 79.9. The van der Waals surface area contributed by atoms with E-state index in [1.165, 1.54) is 6.20 Å². The first-order chi connectivity index (χ1) is 8.93. The Bertz CT molecular complexity index is 612. The summed E-state index contributed by atoms with van der Waals surface area (Å²) < 4.78 is 0.382. The Morgan fingerprint density at radius 1 is 1.26 bits per heavy atom. The fourth-order valence-corrected chi connectivity index (χ4v) is 2.16. The third kappa shape index (κ3) is 2.66. The van der Waals surface area contributed by atoms with Gasteiger partial charge in [-0.25, -0.2) is 14.8 Å². The van der Waals surface area contributed by atoms with Crippen LogP contribution >= 0.6 is 15.9 Å². The van der Waals surface area contributed by atoms with Crippen LogP contribution in [0.4, 0.5) is 0 Å². The maximum Gasteiger partial charge on any atom is 0.355 e. The SMILES string of the molecule is CC(C)(c1ccccc1)c1ncc(Br)c(C(=O)O)n1. The van der Waals surface area contributed by atoms with Crippen molar-refractivity contribution in [2.45, 2.75) is 19.3 Å². The average molecular weight is 321 g/mol. The molecule has 1 aromatic heterocycles. The molecular formula is C14H13BrN2O2. The zero-order chi connectivity index (χ0) is 14.0. The quantitative estimate of drug-likeness (QED) is 0.942. The first-order valence-corrected chi connectivity index (χ1v) is 6.54. The van der Waals surface area contributed by atoms with Gasteiger partial charge in [0.2, 0.25) is 0 Å². The third-order valence-electron chi connectivity index (χ3n) is 3.00. The van der Waals surface area contributed by atoms with E-state index in [0.29, 0.717) is 10.3 Å². The van der Waals surface area contributed by atoms with Gasteiger partial charge >= 0.3 is 5.97 Å². The monoisotopic (exact) mass is 320 g/mol. The lowest BCUT2D eigenvalue weighted by molar-refractivity contribution is 0.0688. The van der Waals surface area contributed by atoms with Crippen molar-refractivity contribution >= 4 is 21.9 Å². The van der Waals surface area contributed by atoms with Crippen molar-refractivity contribution in [1.82, 2.24) is 9.97 Å². The summed E-state index contributed by atoms with van der Waals surface area (Å²) in [5.41, 5.74) is 0.564. The van der Waals surface area contributed by atoms with E-state index >= 15 is 0 Å². The summed E-state index contributed by atoms with van der Waals surface area (Å²) in [5, 5.41) is 9.11. The summed E-state index contributed by atoms with van der Waals surface area (Å²) in [5.74, 6) is -0.585. The first kappa shape index (κ1) is 13.7. The van der Waals surface area contributed by atoms with Crippen LogP contribution in [0, 0.1) is 0 Å². The molecule has 1 aromatic carbocycles. The maximum absolute atomic E-state index is 11.1. The number of hydrogen-bond acceptors (Lipinski definition) is 3. The minimum atomic E-state index is -1.07. The first-order valence-electron chi connectivity index (χ1n) is 5.75. The highest BCUT2D eigenvalue weighted by Crippen LogP contribution is 2.29. The normalized spacial score (nSPS) is 11.3. The number of carboxylic acids is 1. The molecule has 0 aliphatic carbocycles. The highest BCUT2D eigenvalue weighted by molar-refractivity contribution is 9.10. The van der Waals surface area contributed by atoms with E-state index in [1.807, 2.05) is 44.2 Å². The lowest BCUT2D eigenvalue weighted by Gasteiger charge is -2.23. The zero-order valence-electron chi connectivity index (χ0n) is 10.6. The van der Waals surface area contributed by atoms with Crippen molar-refractivity contribution in [3.05, 3.63) is 58.1 Å². The van der Waals surface area contributed by atoms with Gasteiger partial charge in [0, 0.05) is 11.6 Å². The molecule has 0 bridgehead atoms. The van der Waals surface area contributed by atoms with Crippen molar-refractivity contribution < 1.29 is 9.90 Å². The molecule has 0 saturated carbocycles. The van der Waals surface area contributed by atoms with Crippen molar-refractivity contribution in [1.29, 1.82) is 0 Å². The van der Waals surface area contributed by atoms with Crippen molar-refractivity contribution in [2.24, 2.45) is 0 Å². The number of hydrogen-bond donors (Lipinski definition) is 1. The summed E-state index contributed by atoms with van der Waals surface area (Å²) in [6, 6.07) is 9.77. The Morgan fingerprint density at radius 3 is 2.47 bits per heavy atom. The standard InChI is InChI=1S/C14H13BrN2O2/c1-14(2,9-6-4-3-5-7-9)13-16-8-10(15)11(17-13)12(18)19/h3-8H,1-2H3,(H,18,19). The van der Waals surface area contributed by atoms with E-state index in [1.54, 1.807) is 0 Å². The van der Waals surface area contributed by atoms with Gasteiger partial charge in [-0.3, -0.25) is 0 Å². The van der Waals surface area contributed by atoms with Crippen LogP contribution in [0.15, 0.2) is 41.0 Å². The average Bonchev–Trinajstić information content (AvgIpc) is 2.39. The summed E-state index contributed by atoms with van der Waals surface area (Å²) in [4.78, 5) is 19.5. The molecule has 2 rings (SSSR count). The predicted octanol–water partition coefficient (Wildman–Crippen LogP) is 3.26. The Labute approximate surface area is 119 Å². The number of halogens is 1. The lowest BCUT2D eigenvalue weighted by atomic mass is 9.84. The molecule has 0 spiro atoms. The van der Waals surface area contributed by atoms with Gasteiger partial charge in [0.15, 0.2) is 5.69 Å². The minimum absolute atomic E-state index is 0.0194. The van der Waals surface area contributed by atoms with E-state index in [0.717, 1.165) is 5.56 Å². The van der Waals surface area contributed by atoms with Crippen LogP contribution in [-0.4, -0.2) is 21.0 Å². The molecule has 19 heavy (non-hydrogen) atoms. The molecule has 0 radical (unpaired) electrons. The zero-order valence-corrected chi connectivity index (χ0v) is 12.2. The number of benzene rings is 1. The van der Waals surface area contributed by atoms with E-state index < -0.39 is 11.4 Å². The molecule has 4 nitrogen and oxygen atoms in total. The maximum atomic E-state index is 11.1. The number of carboxylic acid groups (broad SMARTS) is 1. The molecule has 1 N–H and O–H groups in total. The Morgan fingerprint density at radius 2 is 1.89 bits per heavy atom. The van der Waals surface area contributed by atoms with Crippen LogP contribution < -0.4 is 0 Å². The number of rotatable bonds is 3. The van der Waals surface area contributed by atoms with Crippen LogP contribution in [0.3, 0.4) is 0 Å². The topological polar surface area (TPSA) is 63.1 Å². The molecule has 0 amide bonds. The largest absolute Gasteiger partial charge is 0.476 e. The number of nitrogens with zero attached hydrogens (tertiary/aromatic N) is 2. The molecule has 98 valence electrons. The Hall–Kier alpha value is -1.75. The molecule has 0 aliphatic heterocycles. The third-order valence-corrected chi connectivity index (χ3v) is 3.58. The molecule has 5 heteroatoms. The second-order valence-electron chi connectivity index (χ2n) is 4.69. The van der Waals surface area contributed by atoms with E-state index in [2.05, 4.69) is 25.9 Å². The number of carbonyl (C=O) groups is 1. The minimum Gasteiger partial charge on any atom is -0.476 e.